The summed E-state index contributed by atoms with van der Waals surface area (Å²) in [7, 11) is -2.28. The maximum Gasteiger partial charge on any atom is 0.324 e. The maximum atomic E-state index is 12.8. The van der Waals surface area contributed by atoms with Crippen LogP contribution in [0.4, 0.5) is 0 Å². The number of aryl methyl sites for hydroxylation is 1. The molecule has 1 heterocycles. The molecule has 0 aliphatic carbocycles. The number of carbonyl (C=O) groups excluding carboxylic acids is 2. The monoisotopic (exact) mass is 384 g/mol. The van der Waals surface area contributed by atoms with Gasteiger partial charge in [0.2, 0.25) is 10.0 Å². The van der Waals surface area contributed by atoms with E-state index in [0.717, 1.165) is 9.87 Å². The summed E-state index contributed by atoms with van der Waals surface area (Å²) in [4.78, 5) is 24.0. The first-order chi connectivity index (χ1) is 12.4. The number of ether oxygens (including phenoxy) is 2. The molecule has 0 bridgehead atoms. The zero-order chi connectivity index (χ0) is 19.2. The Morgan fingerprint density at radius 1 is 1.27 bits per heavy atom. The molecule has 1 aromatic rings. The highest BCUT2D eigenvalue weighted by molar-refractivity contribution is 7.89. The van der Waals surface area contributed by atoms with Crippen molar-refractivity contribution in [3.8, 4) is 0 Å². The summed E-state index contributed by atoms with van der Waals surface area (Å²) in [5, 5.41) is 2.53. The van der Waals surface area contributed by atoms with Gasteiger partial charge in [0.25, 0.3) is 5.91 Å². The molecule has 0 radical (unpaired) electrons. The van der Waals surface area contributed by atoms with Gasteiger partial charge in [0, 0.05) is 20.2 Å². The third-order valence-corrected chi connectivity index (χ3v) is 6.00. The molecule has 0 aromatic heterocycles. The maximum absolute atomic E-state index is 12.8. The van der Waals surface area contributed by atoms with E-state index in [1.807, 2.05) is 6.92 Å². The van der Waals surface area contributed by atoms with Crippen LogP contribution in [0.5, 0.6) is 0 Å². The van der Waals surface area contributed by atoms with Crippen molar-refractivity contribution in [3.63, 3.8) is 0 Å². The molecule has 0 spiro atoms. The minimum atomic E-state index is -3.79. The second-order valence-corrected chi connectivity index (χ2v) is 7.93. The number of methoxy groups -OCH3 is 1. The quantitative estimate of drug-likeness (QED) is 0.516. The Bertz CT molecular complexity index is 732. The minimum absolute atomic E-state index is 0.139. The first-order valence-electron chi connectivity index (χ1n) is 8.37. The van der Waals surface area contributed by atoms with Crippen LogP contribution >= 0.6 is 0 Å². The number of nitrogens with one attached hydrogen (secondary N) is 1. The third kappa shape index (κ3) is 5.03. The van der Waals surface area contributed by atoms with Crippen molar-refractivity contribution < 1.29 is 27.5 Å². The second-order valence-electron chi connectivity index (χ2n) is 6.04. The van der Waals surface area contributed by atoms with Gasteiger partial charge in [-0.1, -0.05) is 17.7 Å². The Morgan fingerprint density at radius 3 is 2.62 bits per heavy atom. The van der Waals surface area contributed by atoms with Crippen LogP contribution in [0.15, 0.2) is 29.2 Å². The molecule has 144 valence electrons. The van der Waals surface area contributed by atoms with Crippen LogP contribution in [0, 0.1) is 6.92 Å². The number of rotatable bonds is 8. The molecule has 0 unspecified atom stereocenters. The lowest BCUT2D eigenvalue weighted by Crippen LogP contribution is -2.42. The van der Waals surface area contributed by atoms with Gasteiger partial charge in [-0.3, -0.25) is 9.59 Å². The lowest BCUT2D eigenvalue weighted by atomic mass is 10.2. The number of esters is 1. The van der Waals surface area contributed by atoms with Gasteiger partial charge in [-0.15, -0.1) is 0 Å². The molecular weight excluding hydrogens is 360 g/mol. The zero-order valence-electron chi connectivity index (χ0n) is 14.9. The number of benzene rings is 1. The van der Waals surface area contributed by atoms with E-state index in [0.29, 0.717) is 26.0 Å². The van der Waals surface area contributed by atoms with Crippen LogP contribution in [0.2, 0.25) is 0 Å². The van der Waals surface area contributed by atoms with E-state index in [4.69, 9.17) is 9.47 Å². The van der Waals surface area contributed by atoms with Crippen molar-refractivity contribution in [2.75, 3.05) is 33.4 Å². The predicted molar refractivity (Wildman–Crippen MR) is 93.9 cm³/mol. The van der Waals surface area contributed by atoms with Crippen molar-refractivity contribution in [1.29, 1.82) is 0 Å². The molecule has 1 atom stereocenters. The molecule has 8 nitrogen and oxygen atoms in total. The highest BCUT2D eigenvalue weighted by Gasteiger charge is 2.40. The molecule has 0 saturated carbocycles. The molecule has 26 heavy (non-hydrogen) atoms. The molecule has 1 aromatic carbocycles. The number of carbonyl (C=O) groups is 2. The van der Waals surface area contributed by atoms with Gasteiger partial charge in [0.05, 0.1) is 11.5 Å². The number of amides is 1. The lowest BCUT2D eigenvalue weighted by Gasteiger charge is -2.22. The molecule has 1 saturated heterocycles. The summed E-state index contributed by atoms with van der Waals surface area (Å²) in [5.41, 5.74) is 0.945. The average Bonchev–Trinajstić information content (AvgIpc) is 3.11. The SMILES string of the molecule is COCCNC(=O)COC(=O)[C@@H]1CCCN1S(=O)(=O)c1ccc(C)cc1. The van der Waals surface area contributed by atoms with E-state index in [9.17, 15) is 18.0 Å². The van der Waals surface area contributed by atoms with Gasteiger partial charge < -0.3 is 14.8 Å². The Labute approximate surface area is 153 Å². The van der Waals surface area contributed by atoms with E-state index in [1.54, 1.807) is 12.1 Å². The van der Waals surface area contributed by atoms with Gasteiger partial charge in [-0.2, -0.15) is 4.31 Å². The topological polar surface area (TPSA) is 102 Å². The molecule has 1 fully saturated rings. The van der Waals surface area contributed by atoms with Gasteiger partial charge in [0.15, 0.2) is 6.61 Å². The van der Waals surface area contributed by atoms with Crippen LogP contribution in [-0.2, 0) is 29.1 Å². The Balaban J connectivity index is 1.99. The number of sulfonamides is 1. The Kier molecular flexibility index (Phi) is 7.13. The van der Waals surface area contributed by atoms with Crippen molar-refractivity contribution in [3.05, 3.63) is 29.8 Å². The van der Waals surface area contributed by atoms with Crippen LogP contribution in [0.3, 0.4) is 0 Å². The summed E-state index contributed by atoms with van der Waals surface area (Å²) in [5.74, 6) is -1.17. The van der Waals surface area contributed by atoms with Gasteiger partial charge in [-0.25, -0.2) is 8.42 Å². The van der Waals surface area contributed by atoms with E-state index < -0.39 is 34.5 Å². The fourth-order valence-electron chi connectivity index (χ4n) is 2.69. The first-order valence-corrected chi connectivity index (χ1v) is 9.81. The van der Waals surface area contributed by atoms with Gasteiger partial charge >= 0.3 is 5.97 Å². The molecule has 1 amide bonds. The molecule has 1 N–H and O–H groups in total. The molecular formula is C17H24N2O6S. The predicted octanol–water partition coefficient (Wildman–Crippen LogP) is 0.454. The Morgan fingerprint density at radius 2 is 1.96 bits per heavy atom. The summed E-state index contributed by atoms with van der Waals surface area (Å²) < 4.78 is 36.6. The van der Waals surface area contributed by atoms with Crippen molar-refractivity contribution in [2.45, 2.75) is 30.7 Å². The summed E-state index contributed by atoms with van der Waals surface area (Å²) in [6.07, 6.45) is 0.931. The van der Waals surface area contributed by atoms with E-state index >= 15 is 0 Å². The number of nitrogens with zero attached hydrogens (tertiary/aromatic N) is 1. The van der Waals surface area contributed by atoms with E-state index in [-0.39, 0.29) is 11.4 Å². The fourth-order valence-corrected chi connectivity index (χ4v) is 4.33. The second kappa shape index (κ2) is 9.11. The molecule has 1 aliphatic heterocycles. The molecule has 9 heteroatoms. The first kappa shape index (κ1) is 20.3. The zero-order valence-corrected chi connectivity index (χ0v) is 15.8. The van der Waals surface area contributed by atoms with Crippen LogP contribution < -0.4 is 5.32 Å². The van der Waals surface area contributed by atoms with Gasteiger partial charge in [-0.05, 0) is 31.9 Å². The largest absolute Gasteiger partial charge is 0.454 e. The summed E-state index contributed by atoms with van der Waals surface area (Å²) in [6, 6.07) is 5.55. The van der Waals surface area contributed by atoms with Crippen molar-refractivity contribution >= 4 is 21.9 Å². The van der Waals surface area contributed by atoms with Crippen LogP contribution in [-0.4, -0.2) is 64.1 Å². The standard InChI is InChI=1S/C17H24N2O6S/c1-13-5-7-14(8-6-13)26(22,23)19-10-3-4-15(19)17(21)25-12-16(20)18-9-11-24-2/h5-8,15H,3-4,9-12H2,1-2H3,(H,18,20)/t15-/m0/s1. The summed E-state index contributed by atoms with van der Waals surface area (Å²) >= 11 is 0. The number of hydrogen-bond donors (Lipinski definition) is 1. The normalized spacial score (nSPS) is 17.8. The van der Waals surface area contributed by atoms with E-state index in [1.165, 1.54) is 19.2 Å². The molecule has 2 rings (SSSR count). The fraction of sp³-hybridized carbons (Fsp3) is 0.529. The van der Waals surface area contributed by atoms with Crippen molar-refractivity contribution in [2.24, 2.45) is 0 Å². The Hall–Kier alpha value is -1.97. The van der Waals surface area contributed by atoms with Gasteiger partial charge in [0.1, 0.15) is 6.04 Å². The average molecular weight is 384 g/mol. The smallest absolute Gasteiger partial charge is 0.324 e. The lowest BCUT2D eigenvalue weighted by molar-refractivity contribution is -0.151. The number of hydrogen-bond acceptors (Lipinski definition) is 6. The van der Waals surface area contributed by atoms with Crippen LogP contribution in [0.1, 0.15) is 18.4 Å². The highest BCUT2D eigenvalue weighted by atomic mass is 32.2. The minimum Gasteiger partial charge on any atom is -0.454 e. The van der Waals surface area contributed by atoms with E-state index in [2.05, 4.69) is 5.32 Å². The van der Waals surface area contributed by atoms with Crippen LogP contribution in [0.25, 0.3) is 0 Å². The third-order valence-electron chi connectivity index (χ3n) is 4.08. The summed E-state index contributed by atoms with van der Waals surface area (Å²) in [6.45, 7) is 2.33. The van der Waals surface area contributed by atoms with Crippen molar-refractivity contribution in [1.82, 2.24) is 9.62 Å². The highest BCUT2D eigenvalue weighted by Crippen LogP contribution is 2.27. The molecule has 1 aliphatic rings.